The van der Waals surface area contributed by atoms with Crippen LogP contribution >= 0.6 is 0 Å². The fourth-order valence-corrected chi connectivity index (χ4v) is 3.20. The van der Waals surface area contributed by atoms with E-state index in [9.17, 15) is 13.9 Å². The summed E-state index contributed by atoms with van der Waals surface area (Å²) < 4.78 is 26.6. The first-order valence-electron chi connectivity index (χ1n) is 8.95. The van der Waals surface area contributed by atoms with Gasteiger partial charge in [0, 0.05) is 51.0 Å². The number of hydrogen-bond acceptors (Lipinski definition) is 3. The van der Waals surface area contributed by atoms with E-state index in [1.165, 1.54) is 18.2 Å². The van der Waals surface area contributed by atoms with Crippen molar-refractivity contribution in [1.82, 2.24) is 10.2 Å². The molecule has 2 aromatic carbocycles. The van der Waals surface area contributed by atoms with Gasteiger partial charge in [0.05, 0.1) is 6.61 Å². The number of aliphatic hydroxyl groups excluding tert-OH is 1. The number of aliphatic hydroxyl groups is 1. The van der Waals surface area contributed by atoms with Crippen LogP contribution in [0.4, 0.5) is 14.5 Å². The Morgan fingerprint density at radius 1 is 1.07 bits per heavy atom. The van der Waals surface area contributed by atoms with Gasteiger partial charge in [-0.2, -0.15) is 0 Å². The van der Waals surface area contributed by atoms with Gasteiger partial charge in [-0.25, -0.2) is 8.78 Å². The zero-order valence-electron chi connectivity index (χ0n) is 15.3. The van der Waals surface area contributed by atoms with Crippen LogP contribution in [0.2, 0.25) is 0 Å². The van der Waals surface area contributed by atoms with Gasteiger partial charge in [-0.1, -0.05) is 6.07 Å². The monoisotopic (exact) mass is 374 g/mol. The first kappa shape index (κ1) is 19.1. The smallest absolute Gasteiger partial charge is 0.194 e. The van der Waals surface area contributed by atoms with Crippen molar-refractivity contribution >= 4 is 11.6 Å². The van der Waals surface area contributed by atoms with Crippen LogP contribution in [0.5, 0.6) is 0 Å². The summed E-state index contributed by atoms with van der Waals surface area (Å²) in [6.45, 7) is 3.40. The van der Waals surface area contributed by atoms with Gasteiger partial charge in [0.2, 0.25) is 0 Å². The summed E-state index contributed by atoms with van der Waals surface area (Å²) in [7, 11) is 1.73. The molecule has 0 atom stereocenters. The largest absolute Gasteiger partial charge is 0.392 e. The molecule has 0 bridgehead atoms. The number of halogens is 2. The molecular formula is C20H24F2N4O. The number of aliphatic imine (C=N–C) groups is 1. The molecule has 144 valence electrons. The minimum atomic E-state index is -0.400. The lowest BCUT2D eigenvalue weighted by atomic mass is 10.1. The third kappa shape index (κ3) is 4.74. The summed E-state index contributed by atoms with van der Waals surface area (Å²) in [6.07, 6.45) is 0. The second-order valence-electron chi connectivity index (χ2n) is 6.44. The summed E-state index contributed by atoms with van der Waals surface area (Å²) in [6, 6.07) is 11.3. The number of rotatable bonds is 4. The van der Waals surface area contributed by atoms with E-state index in [1.54, 1.807) is 31.3 Å². The van der Waals surface area contributed by atoms with Crippen LogP contribution in [0, 0.1) is 11.6 Å². The van der Waals surface area contributed by atoms with Crippen molar-refractivity contribution in [2.45, 2.75) is 13.2 Å². The lowest BCUT2D eigenvalue weighted by Gasteiger charge is -2.37. The van der Waals surface area contributed by atoms with Gasteiger partial charge in [-0.15, -0.1) is 0 Å². The van der Waals surface area contributed by atoms with Crippen LogP contribution < -0.4 is 10.2 Å². The van der Waals surface area contributed by atoms with Crippen LogP contribution in [0.25, 0.3) is 0 Å². The molecule has 3 rings (SSSR count). The summed E-state index contributed by atoms with van der Waals surface area (Å²) >= 11 is 0. The fraction of sp³-hybridized carbons (Fsp3) is 0.350. The Morgan fingerprint density at radius 2 is 1.78 bits per heavy atom. The van der Waals surface area contributed by atoms with Gasteiger partial charge < -0.3 is 20.2 Å². The highest BCUT2D eigenvalue weighted by atomic mass is 19.1. The highest BCUT2D eigenvalue weighted by molar-refractivity contribution is 5.80. The van der Waals surface area contributed by atoms with Crippen LogP contribution in [-0.4, -0.2) is 49.2 Å². The van der Waals surface area contributed by atoms with Gasteiger partial charge >= 0.3 is 0 Å². The second-order valence-corrected chi connectivity index (χ2v) is 6.44. The molecule has 1 aliphatic rings. The van der Waals surface area contributed by atoms with Crippen molar-refractivity contribution in [3.05, 3.63) is 65.2 Å². The van der Waals surface area contributed by atoms with E-state index in [0.29, 0.717) is 6.54 Å². The number of guanidine groups is 1. The molecule has 1 aliphatic heterocycles. The summed E-state index contributed by atoms with van der Waals surface area (Å²) in [5.74, 6) is 0.151. The van der Waals surface area contributed by atoms with Crippen molar-refractivity contribution in [3.63, 3.8) is 0 Å². The molecule has 27 heavy (non-hydrogen) atoms. The van der Waals surface area contributed by atoms with E-state index in [2.05, 4.69) is 20.1 Å². The SMILES string of the molecule is CN=C(NCc1ccc(F)c(CO)c1)N1CCN(c2ccc(F)cc2)CC1. The Bertz CT molecular complexity index is 787. The van der Waals surface area contributed by atoms with Crippen LogP contribution in [0.1, 0.15) is 11.1 Å². The van der Waals surface area contributed by atoms with E-state index in [-0.39, 0.29) is 18.0 Å². The van der Waals surface area contributed by atoms with E-state index in [0.717, 1.165) is 43.4 Å². The molecular weight excluding hydrogens is 350 g/mol. The number of hydrogen-bond donors (Lipinski definition) is 2. The first-order valence-corrected chi connectivity index (χ1v) is 8.95. The molecule has 5 nitrogen and oxygen atoms in total. The van der Waals surface area contributed by atoms with Gasteiger partial charge in [-0.3, -0.25) is 4.99 Å². The van der Waals surface area contributed by atoms with Gasteiger partial charge in [0.1, 0.15) is 11.6 Å². The molecule has 1 fully saturated rings. The topological polar surface area (TPSA) is 51.1 Å². The Hall–Kier alpha value is -2.67. The minimum Gasteiger partial charge on any atom is -0.392 e. The van der Waals surface area contributed by atoms with Crippen molar-refractivity contribution < 1.29 is 13.9 Å². The van der Waals surface area contributed by atoms with Gasteiger partial charge in [-0.05, 0) is 42.0 Å². The number of nitrogens with one attached hydrogen (secondary N) is 1. The summed E-state index contributed by atoms with van der Waals surface area (Å²) in [5, 5.41) is 12.5. The number of anilines is 1. The average Bonchev–Trinajstić information content (AvgIpc) is 2.70. The number of benzene rings is 2. The maximum absolute atomic E-state index is 13.5. The molecule has 1 saturated heterocycles. The lowest BCUT2D eigenvalue weighted by molar-refractivity contribution is 0.275. The molecule has 2 N–H and O–H groups in total. The third-order valence-corrected chi connectivity index (χ3v) is 4.71. The average molecular weight is 374 g/mol. The number of piperazine rings is 1. The highest BCUT2D eigenvalue weighted by Gasteiger charge is 2.19. The fourth-order valence-electron chi connectivity index (χ4n) is 3.20. The maximum atomic E-state index is 13.5. The molecule has 0 aromatic heterocycles. The zero-order valence-corrected chi connectivity index (χ0v) is 15.3. The quantitative estimate of drug-likeness (QED) is 0.637. The van der Waals surface area contributed by atoms with Crippen molar-refractivity contribution in [2.75, 3.05) is 38.1 Å². The third-order valence-electron chi connectivity index (χ3n) is 4.71. The second kappa shape index (κ2) is 8.81. The normalized spacial score (nSPS) is 15.2. The molecule has 1 heterocycles. The van der Waals surface area contributed by atoms with Crippen LogP contribution in [0.15, 0.2) is 47.5 Å². The predicted octanol–water partition coefficient (Wildman–Crippen LogP) is 2.35. The molecule has 7 heteroatoms. The van der Waals surface area contributed by atoms with E-state index in [1.807, 2.05) is 0 Å². The van der Waals surface area contributed by atoms with E-state index >= 15 is 0 Å². The Kier molecular flexibility index (Phi) is 6.24. The molecule has 0 saturated carbocycles. The zero-order chi connectivity index (χ0) is 19.2. The Morgan fingerprint density at radius 3 is 2.41 bits per heavy atom. The predicted molar refractivity (Wildman–Crippen MR) is 103 cm³/mol. The van der Waals surface area contributed by atoms with Crippen molar-refractivity contribution in [3.8, 4) is 0 Å². The molecule has 0 unspecified atom stereocenters. The van der Waals surface area contributed by atoms with Gasteiger partial charge in [0.25, 0.3) is 0 Å². The minimum absolute atomic E-state index is 0.230. The first-order chi connectivity index (χ1) is 13.1. The van der Waals surface area contributed by atoms with E-state index < -0.39 is 5.82 Å². The standard InChI is InChI=1S/C20H24F2N4O/c1-23-20(24-13-15-2-7-19(22)16(12-15)14-27)26-10-8-25(9-11-26)18-5-3-17(21)4-6-18/h2-7,12,27H,8-11,13-14H2,1H3,(H,23,24). The summed E-state index contributed by atoms with van der Waals surface area (Å²) in [5.41, 5.74) is 2.19. The molecule has 0 spiro atoms. The number of nitrogens with zero attached hydrogens (tertiary/aromatic N) is 3. The van der Waals surface area contributed by atoms with Crippen LogP contribution in [0.3, 0.4) is 0 Å². The Balaban J connectivity index is 1.55. The van der Waals surface area contributed by atoms with Crippen LogP contribution in [-0.2, 0) is 13.2 Å². The highest BCUT2D eigenvalue weighted by Crippen LogP contribution is 2.17. The van der Waals surface area contributed by atoms with Crippen molar-refractivity contribution in [2.24, 2.45) is 4.99 Å². The molecule has 0 amide bonds. The van der Waals surface area contributed by atoms with Crippen molar-refractivity contribution in [1.29, 1.82) is 0 Å². The molecule has 0 radical (unpaired) electrons. The van der Waals surface area contributed by atoms with E-state index in [4.69, 9.17) is 0 Å². The van der Waals surface area contributed by atoms with Gasteiger partial charge in [0.15, 0.2) is 5.96 Å². The summed E-state index contributed by atoms with van der Waals surface area (Å²) in [4.78, 5) is 8.72. The molecule has 0 aliphatic carbocycles. The molecule has 2 aromatic rings. The maximum Gasteiger partial charge on any atom is 0.194 e. The Labute approximate surface area is 157 Å². The lowest BCUT2D eigenvalue weighted by Crippen LogP contribution is -2.52.